The third-order valence-corrected chi connectivity index (χ3v) is 4.83. The lowest BCUT2D eigenvalue weighted by Gasteiger charge is -2.19. The van der Waals surface area contributed by atoms with Gasteiger partial charge in [0.2, 0.25) is 0 Å². The van der Waals surface area contributed by atoms with Crippen LogP contribution in [0, 0.1) is 0 Å². The van der Waals surface area contributed by atoms with Gasteiger partial charge in [-0.25, -0.2) is 4.79 Å². The molecule has 1 aliphatic carbocycles. The second kappa shape index (κ2) is 6.24. The van der Waals surface area contributed by atoms with E-state index in [1.165, 1.54) is 0 Å². The molecule has 126 valence electrons. The van der Waals surface area contributed by atoms with Crippen LogP contribution in [0.4, 0.5) is 4.79 Å². The highest BCUT2D eigenvalue weighted by Gasteiger charge is 2.31. The van der Waals surface area contributed by atoms with Crippen LogP contribution >= 0.6 is 0 Å². The Morgan fingerprint density at radius 2 is 2.17 bits per heavy atom. The van der Waals surface area contributed by atoms with E-state index in [0.717, 1.165) is 48.6 Å². The van der Waals surface area contributed by atoms with Crippen LogP contribution in [0.1, 0.15) is 41.7 Å². The fourth-order valence-electron chi connectivity index (χ4n) is 3.60. The van der Waals surface area contributed by atoms with Crippen molar-refractivity contribution < 1.29 is 9.90 Å². The maximum atomic E-state index is 12.2. The predicted octanol–water partition coefficient (Wildman–Crippen LogP) is 1.07. The van der Waals surface area contributed by atoms with Crippen molar-refractivity contribution >= 4 is 6.03 Å². The topological polar surface area (TPSA) is 92.1 Å². The van der Waals surface area contributed by atoms with E-state index in [1.807, 2.05) is 24.3 Å². The lowest BCUT2D eigenvalue weighted by molar-refractivity contribution is 0.142. The summed E-state index contributed by atoms with van der Waals surface area (Å²) in [5.41, 5.74) is 2.07. The zero-order valence-corrected chi connectivity index (χ0v) is 13.4. The van der Waals surface area contributed by atoms with Crippen LogP contribution in [0.15, 0.2) is 24.3 Å². The van der Waals surface area contributed by atoms with E-state index in [9.17, 15) is 9.90 Å². The number of aromatic nitrogens is 3. The van der Waals surface area contributed by atoms with Crippen LogP contribution in [-0.4, -0.2) is 32.0 Å². The number of aryl methyl sites for hydroxylation is 1. The molecule has 0 fully saturated rings. The summed E-state index contributed by atoms with van der Waals surface area (Å²) in [6, 6.07) is 7.14. The first-order valence-corrected chi connectivity index (χ1v) is 8.43. The van der Waals surface area contributed by atoms with Crippen molar-refractivity contribution in [2.75, 3.05) is 0 Å². The third kappa shape index (κ3) is 2.75. The van der Waals surface area contributed by atoms with Crippen molar-refractivity contribution in [2.24, 2.45) is 0 Å². The SMILES string of the molecule is O=C(NCc1nnc2n1CCCC2)NC1c2ccccc2CC1O. The van der Waals surface area contributed by atoms with E-state index >= 15 is 0 Å². The number of aliphatic hydroxyl groups is 1. The summed E-state index contributed by atoms with van der Waals surface area (Å²) in [5.74, 6) is 1.78. The number of nitrogens with one attached hydrogen (secondary N) is 2. The van der Waals surface area contributed by atoms with Gasteiger partial charge in [-0.2, -0.15) is 0 Å². The van der Waals surface area contributed by atoms with Crippen molar-refractivity contribution in [1.82, 2.24) is 25.4 Å². The van der Waals surface area contributed by atoms with Gasteiger partial charge in [0.25, 0.3) is 0 Å². The van der Waals surface area contributed by atoms with Crippen molar-refractivity contribution in [3.63, 3.8) is 0 Å². The first-order valence-electron chi connectivity index (χ1n) is 8.43. The number of carbonyl (C=O) groups is 1. The first-order chi connectivity index (χ1) is 11.7. The average Bonchev–Trinajstić information content (AvgIpc) is 3.15. The predicted molar refractivity (Wildman–Crippen MR) is 87.2 cm³/mol. The maximum absolute atomic E-state index is 12.2. The number of fused-ring (bicyclic) bond motifs is 2. The summed E-state index contributed by atoms with van der Waals surface area (Å²) in [6.07, 6.45) is 3.19. The largest absolute Gasteiger partial charge is 0.390 e. The van der Waals surface area contributed by atoms with Gasteiger partial charge in [-0.1, -0.05) is 24.3 Å². The van der Waals surface area contributed by atoms with Crippen LogP contribution in [0.25, 0.3) is 0 Å². The van der Waals surface area contributed by atoms with Crippen LogP contribution in [0.5, 0.6) is 0 Å². The van der Waals surface area contributed by atoms with E-state index in [2.05, 4.69) is 25.4 Å². The summed E-state index contributed by atoms with van der Waals surface area (Å²) in [5, 5.41) is 24.3. The number of hydrogen-bond donors (Lipinski definition) is 3. The van der Waals surface area contributed by atoms with Crippen molar-refractivity contribution in [2.45, 2.75) is 50.9 Å². The zero-order chi connectivity index (χ0) is 16.5. The Morgan fingerprint density at radius 1 is 1.29 bits per heavy atom. The molecule has 2 atom stereocenters. The van der Waals surface area contributed by atoms with Crippen LogP contribution < -0.4 is 10.6 Å². The van der Waals surface area contributed by atoms with Gasteiger partial charge in [0.1, 0.15) is 5.82 Å². The molecular weight excluding hydrogens is 306 g/mol. The fraction of sp³-hybridized carbons (Fsp3) is 0.471. The number of nitrogens with zero attached hydrogens (tertiary/aromatic N) is 3. The molecular formula is C17H21N5O2. The molecule has 1 aliphatic heterocycles. The number of amides is 2. The molecule has 1 aromatic heterocycles. The molecule has 2 unspecified atom stereocenters. The lowest BCUT2D eigenvalue weighted by atomic mass is 10.1. The minimum absolute atomic E-state index is 0.302. The summed E-state index contributed by atoms with van der Waals surface area (Å²) < 4.78 is 2.09. The highest BCUT2D eigenvalue weighted by molar-refractivity contribution is 5.74. The van der Waals surface area contributed by atoms with Crippen molar-refractivity contribution in [3.05, 3.63) is 47.0 Å². The molecule has 0 bridgehead atoms. The van der Waals surface area contributed by atoms with Gasteiger partial charge in [0.05, 0.1) is 18.7 Å². The molecule has 2 heterocycles. The maximum Gasteiger partial charge on any atom is 0.315 e. The Morgan fingerprint density at radius 3 is 3.08 bits per heavy atom. The van der Waals surface area contributed by atoms with E-state index in [4.69, 9.17) is 0 Å². The standard InChI is InChI=1S/C17H21N5O2/c23-13-9-11-5-1-2-6-12(11)16(13)19-17(24)18-10-15-21-20-14-7-3-4-8-22(14)15/h1-2,5-6,13,16,23H,3-4,7-10H2,(H2,18,19,24). The lowest BCUT2D eigenvalue weighted by Crippen LogP contribution is -2.41. The Bertz CT molecular complexity index is 757. The second-order valence-corrected chi connectivity index (χ2v) is 6.42. The first kappa shape index (κ1) is 15.1. The van der Waals surface area contributed by atoms with Gasteiger partial charge in [-0.3, -0.25) is 0 Å². The van der Waals surface area contributed by atoms with Crippen LogP contribution in [0.3, 0.4) is 0 Å². The van der Waals surface area contributed by atoms with E-state index in [0.29, 0.717) is 13.0 Å². The number of urea groups is 1. The van der Waals surface area contributed by atoms with Gasteiger partial charge < -0.3 is 20.3 Å². The molecule has 3 N–H and O–H groups in total. The summed E-state index contributed by atoms with van der Waals surface area (Å²) in [4.78, 5) is 12.2. The third-order valence-electron chi connectivity index (χ3n) is 4.83. The molecule has 2 aromatic rings. The molecule has 1 aromatic carbocycles. The fourth-order valence-corrected chi connectivity index (χ4v) is 3.60. The highest BCUT2D eigenvalue weighted by atomic mass is 16.3. The Balaban J connectivity index is 1.38. The number of carbonyl (C=O) groups excluding carboxylic acids is 1. The molecule has 4 rings (SSSR count). The molecule has 0 saturated heterocycles. The molecule has 2 aliphatic rings. The summed E-state index contributed by atoms with van der Waals surface area (Å²) in [6.45, 7) is 1.25. The summed E-state index contributed by atoms with van der Waals surface area (Å²) in [7, 11) is 0. The monoisotopic (exact) mass is 327 g/mol. The van der Waals surface area contributed by atoms with Gasteiger partial charge in [-0.05, 0) is 24.0 Å². The van der Waals surface area contributed by atoms with E-state index in [-0.39, 0.29) is 12.1 Å². The summed E-state index contributed by atoms with van der Waals surface area (Å²) >= 11 is 0. The molecule has 7 nitrogen and oxygen atoms in total. The van der Waals surface area contributed by atoms with Crippen molar-refractivity contribution in [1.29, 1.82) is 0 Å². The average molecular weight is 327 g/mol. The van der Waals surface area contributed by atoms with Crippen LogP contribution in [0.2, 0.25) is 0 Å². The molecule has 0 spiro atoms. The van der Waals surface area contributed by atoms with Crippen molar-refractivity contribution in [3.8, 4) is 0 Å². The Kier molecular flexibility index (Phi) is 3.93. The van der Waals surface area contributed by atoms with Gasteiger partial charge in [0.15, 0.2) is 5.82 Å². The second-order valence-electron chi connectivity index (χ2n) is 6.42. The number of rotatable bonds is 3. The molecule has 2 amide bonds. The molecule has 24 heavy (non-hydrogen) atoms. The quantitative estimate of drug-likeness (QED) is 0.786. The molecule has 0 saturated carbocycles. The minimum Gasteiger partial charge on any atom is -0.390 e. The van der Waals surface area contributed by atoms with E-state index < -0.39 is 6.10 Å². The van der Waals surface area contributed by atoms with Gasteiger partial charge >= 0.3 is 6.03 Å². The molecule has 0 radical (unpaired) electrons. The van der Waals surface area contributed by atoms with E-state index in [1.54, 1.807) is 0 Å². The smallest absolute Gasteiger partial charge is 0.315 e. The highest BCUT2D eigenvalue weighted by Crippen LogP contribution is 2.31. The number of hydrogen-bond acceptors (Lipinski definition) is 4. The van der Waals surface area contributed by atoms with Gasteiger partial charge in [0, 0.05) is 19.4 Å². The normalized spacial score (nSPS) is 21.9. The Labute approximate surface area is 140 Å². The van der Waals surface area contributed by atoms with Gasteiger partial charge in [-0.15, -0.1) is 10.2 Å². The zero-order valence-electron chi connectivity index (χ0n) is 13.4. The molecule has 7 heteroatoms. The minimum atomic E-state index is -0.589. The number of aliphatic hydroxyl groups excluding tert-OH is 1. The Hall–Kier alpha value is -2.41. The van der Waals surface area contributed by atoms with Crippen LogP contribution in [-0.2, 0) is 25.9 Å². The number of benzene rings is 1.